The van der Waals surface area contributed by atoms with Crippen LogP contribution in [0.15, 0.2) is 35.8 Å². The number of rotatable bonds is 4. The van der Waals surface area contributed by atoms with Crippen LogP contribution in [0.1, 0.15) is 17.3 Å². The van der Waals surface area contributed by atoms with Crippen molar-refractivity contribution in [1.29, 1.82) is 0 Å². The molecule has 0 saturated carbocycles. The molecule has 0 radical (unpaired) electrons. The molecular weight excluding hydrogens is 194 g/mol. The fourth-order valence-electron chi connectivity index (χ4n) is 1.15. The lowest BCUT2D eigenvalue weighted by Crippen LogP contribution is -2.20. The summed E-state index contributed by atoms with van der Waals surface area (Å²) in [5, 5.41) is 0. The number of carbonyl (C=O) groups excluding carboxylic acids is 1. The number of hydrogen-bond acceptors (Lipinski definition) is 3. The Morgan fingerprint density at radius 2 is 2.33 bits per heavy atom. The molecule has 0 aliphatic rings. The molecule has 0 spiro atoms. The Kier molecular flexibility index (Phi) is 3.85. The summed E-state index contributed by atoms with van der Waals surface area (Å²) in [5.41, 5.74) is 0.209. The van der Waals surface area contributed by atoms with E-state index in [9.17, 15) is 9.59 Å². The zero-order valence-corrected chi connectivity index (χ0v) is 8.60. The molecule has 0 aromatic carbocycles. The first-order valence-corrected chi connectivity index (χ1v) is 4.67. The fourth-order valence-corrected chi connectivity index (χ4v) is 1.15. The van der Waals surface area contributed by atoms with Gasteiger partial charge in [0.25, 0.3) is 5.56 Å². The number of hydrogen-bond donors (Lipinski definition) is 0. The van der Waals surface area contributed by atoms with Crippen LogP contribution in [0.5, 0.6) is 0 Å². The molecule has 4 nitrogen and oxygen atoms in total. The summed E-state index contributed by atoms with van der Waals surface area (Å²) in [6.07, 6.45) is 3.07. The molecule has 1 aromatic rings. The van der Waals surface area contributed by atoms with E-state index in [1.165, 1.54) is 22.9 Å². The Morgan fingerprint density at radius 3 is 2.93 bits per heavy atom. The van der Waals surface area contributed by atoms with Gasteiger partial charge in [-0.3, -0.25) is 4.79 Å². The first-order valence-electron chi connectivity index (χ1n) is 4.67. The second-order valence-corrected chi connectivity index (χ2v) is 2.92. The number of aromatic nitrogens is 1. The van der Waals surface area contributed by atoms with Gasteiger partial charge in [-0.05, 0) is 13.0 Å². The van der Waals surface area contributed by atoms with Crippen molar-refractivity contribution in [1.82, 2.24) is 4.57 Å². The molecule has 0 aliphatic carbocycles. The van der Waals surface area contributed by atoms with Crippen molar-refractivity contribution in [2.45, 2.75) is 13.5 Å². The summed E-state index contributed by atoms with van der Waals surface area (Å²) in [6, 6.07) is 2.80. The Hall–Kier alpha value is -1.84. The van der Waals surface area contributed by atoms with E-state index in [1.54, 1.807) is 13.0 Å². The Morgan fingerprint density at radius 1 is 1.60 bits per heavy atom. The topological polar surface area (TPSA) is 48.3 Å². The highest BCUT2D eigenvalue weighted by Gasteiger charge is 2.07. The smallest absolute Gasteiger partial charge is 0.339 e. The van der Waals surface area contributed by atoms with E-state index < -0.39 is 5.97 Å². The lowest BCUT2D eigenvalue weighted by molar-refractivity contribution is 0.0525. The maximum absolute atomic E-state index is 11.3. The van der Waals surface area contributed by atoms with E-state index in [0.29, 0.717) is 18.7 Å². The highest BCUT2D eigenvalue weighted by Crippen LogP contribution is 1.99. The largest absolute Gasteiger partial charge is 0.462 e. The van der Waals surface area contributed by atoms with Crippen LogP contribution >= 0.6 is 0 Å². The summed E-state index contributed by atoms with van der Waals surface area (Å²) in [5.74, 6) is -0.421. The average molecular weight is 207 g/mol. The SMILES string of the molecule is C=CCn1cc(C(=O)OCC)ccc1=O. The van der Waals surface area contributed by atoms with E-state index >= 15 is 0 Å². The number of allylic oxidation sites excluding steroid dienone is 1. The summed E-state index contributed by atoms with van der Waals surface area (Å²) in [7, 11) is 0. The molecule has 1 heterocycles. The van der Waals surface area contributed by atoms with Crippen LogP contribution in [0, 0.1) is 0 Å². The Balaban J connectivity index is 3.01. The number of carbonyl (C=O) groups is 1. The van der Waals surface area contributed by atoms with Crippen LogP contribution in [0.2, 0.25) is 0 Å². The number of pyridine rings is 1. The van der Waals surface area contributed by atoms with Crippen molar-refractivity contribution in [2.75, 3.05) is 6.61 Å². The normalized spacial score (nSPS) is 9.67. The molecule has 15 heavy (non-hydrogen) atoms. The molecule has 4 heteroatoms. The minimum atomic E-state index is -0.421. The van der Waals surface area contributed by atoms with Gasteiger partial charge in [-0.2, -0.15) is 0 Å². The molecule has 0 aliphatic heterocycles. The fraction of sp³-hybridized carbons (Fsp3) is 0.273. The van der Waals surface area contributed by atoms with Gasteiger partial charge in [-0.1, -0.05) is 6.08 Å². The lowest BCUT2D eigenvalue weighted by atomic mass is 10.3. The van der Waals surface area contributed by atoms with Gasteiger partial charge in [-0.25, -0.2) is 4.79 Å². The first-order chi connectivity index (χ1) is 7.19. The van der Waals surface area contributed by atoms with Crippen molar-refractivity contribution >= 4 is 5.97 Å². The highest BCUT2D eigenvalue weighted by molar-refractivity contribution is 5.88. The molecule has 1 aromatic heterocycles. The van der Waals surface area contributed by atoms with Crippen LogP contribution < -0.4 is 5.56 Å². The third kappa shape index (κ3) is 2.80. The van der Waals surface area contributed by atoms with Crippen molar-refractivity contribution < 1.29 is 9.53 Å². The average Bonchev–Trinajstić information content (AvgIpc) is 2.22. The molecule has 0 bridgehead atoms. The van der Waals surface area contributed by atoms with Crippen LogP contribution in [0.3, 0.4) is 0 Å². The van der Waals surface area contributed by atoms with E-state index in [-0.39, 0.29) is 5.56 Å². The van der Waals surface area contributed by atoms with Crippen LogP contribution in [0.25, 0.3) is 0 Å². The summed E-state index contributed by atoms with van der Waals surface area (Å²) in [6.45, 7) is 5.97. The standard InChI is InChI=1S/C11H13NO3/c1-3-7-12-8-9(5-6-10(12)13)11(14)15-4-2/h3,5-6,8H,1,4,7H2,2H3. The first kappa shape index (κ1) is 11.2. The zero-order chi connectivity index (χ0) is 11.3. The predicted octanol–water partition coefficient (Wildman–Crippen LogP) is 1.21. The van der Waals surface area contributed by atoms with E-state index in [2.05, 4.69) is 6.58 Å². The summed E-state index contributed by atoms with van der Waals surface area (Å²) in [4.78, 5) is 22.7. The van der Waals surface area contributed by atoms with Gasteiger partial charge in [0.05, 0.1) is 12.2 Å². The van der Waals surface area contributed by atoms with Gasteiger partial charge in [0.2, 0.25) is 0 Å². The zero-order valence-electron chi connectivity index (χ0n) is 8.60. The van der Waals surface area contributed by atoms with E-state index in [1.807, 2.05) is 0 Å². The molecule has 0 fully saturated rings. The van der Waals surface area contributed by atoms with Crippen LogP contribution in [0.4, 0.5) is 0 Å². The van der Waals surface area contributed by atoms with Gasteiger partial charge in [0.1, 0.15) is 0 Å². The lowest BCUT2D eigenvalue weighted by Gasteiger charge is -2.05. The molecule has 80 valence electrons. The monoisotopic (exact) mass is 207 g/mol. The molecule has 0 saturated heterocycles. The minimum Gasteiger partial charge on any atom is -0.462 e. The van der Waals surface area contributed by atoms with Crippen LogP contribution in [-0.2, 0) is 11.3 Å². The van der Waals surface area contributed by atoms with E-state index in [0.717, 1.165) is 0 Å². The second-order valence-electron chi connectivity index (χ2n) is 2.92. The number of ether oxygens (including phenoxy) is 1. The predicted molar refractivity (Wildman–Crippen MR) is 56.9 cm³/mol. The molecule has 0 N–H and O–H groups in total. The van der Waals surface area contributed by atoms with Crippen molar-refractivity contribution in [3.63, 3.8) is 0 Å². The molecule has 0 amide bonds. The third-order valence-corrected chi connectivity index (χ3v) is 1.82. The molecule has 1 rings (SSSR count). The molecule has 0 unspecified atom stereocenters. The van der Waals surface area contributed by atoms with Gasteiger partial charge < -0.3 is 9.30 Å². The quantitative estimate of drug-likeness (QED) is 0.550. The van der Waals surface area contributed by atoms with Crippen LogP contribution in [-0.4, -0.2) is 17.1 Å². The molecule has 0 atom stereocenters. The number of nitrogens with zero attached hydrogens (tertiary/aromatic N) is 1. The van der Waals surface area contributed by atoms with Crippen molar-refractivity contribution in [3.8, 4) is 0 Å². The Labute approximate surface area is 87.8 Å². The summed E-state index contributed by atoms with van der Waals surface area (Å²) < 4.78 is 6.22. The van der Waals surface area contributed by atoms with Gasteiger partial charge in [0.15, 0.2) is 0 Å². The second kappa shape index (κ2) is 5.14. The van der Waals surface area contributed by atoms with Gasteiger partial charge in [-0.15, -0.1) is 6.58 Å². The summed E-state index contributed by atoms with van der Waals surface area (Å²) >= 11 is 0. The van der Waals surface area contributed by atoms with E-state index in [4.69, 9.17) is 4.74 Å². The highest BCUT2D eigenvalue weighted by atomic mass is 16.5. The maximum atomic E-state index is 11.3. The van der Waals surface area contributed by atoms with Gasteiger partial charge in [0, 0.05) is 18.8 Å². The van der Waals surface area contributed by atoms with Crippen molar-refractivity contribution in [3.05, 3.63) is 46.9 Å². The third-order valence-electron chi connectivity index (χ3n) is 1.82. The van der Waals surface area contributed by atoms with Gasteiger partial charge >= 0.3 is 5.97 Å². The molecular formula is C11H13NO3. The number of esters is 1. The maximum Gasteiger partial charge on any atom is 0.339 e. The Bertz CT molecular complexity index is 420. The minimum absolute atomic E-state index is 0.164. The van der Waals surface area contributed by atoms with Crippen molar-refractivity contribution in [2.24, 2.45) is 0 Å².